The monoisotopic (exact) mass is 453 g/mol. The normalized spacial score (nSPS) is 23.9. The Hall–Kier alpha value is -2.36. The van der Waals surface area contributed by atoms with E-state index < -0.39 is 41.6 Å². The van der Waals surface area contributed by atoms with Crippen molar-refractivity contribution in [2.75, 3.05) is 13.6 Å². The number of nitrogens with one attached hydrogen (secondary N) is 1. The van der Waals surface area contributed by atoms with Crippen LogP contribution in [-0.2, 0) is 19.1 Å². The molecule has 32 heavy (non-hydrogen) atoms. The van der Waals surface area contributed by atoms with Crippen LogP contribution < -0.4 is 16.8 Å². The molecule has 1 saturated heterocycles. The molecule has 2 fully saturated rings. The zero-order valence-corrected chi connectivity index (χ0v) is 19.9. The smallest absolute Gasteiger partial charge is 0.410 e. The summed E-state index contributed by atoms with van der Waals surface area (Å²) in [5.41, 5.74) is 10.8. The highest BCUT2D eigenvalue weighted by atomic mass is 16.6. The van der Waals surface area contributed by atoms with E-state index in [1.54, 1.807) is 27.7 Å². The maximum absolute atomic E-state index is 13.5. The van der Waals surface area contributed by atoms with Crippen LogP contribution >= 0.6 is 0 Å². The van der Waals surface area contributed by atoms with Crippen LogP contribution in [0, 0.1) is 5.92 Å². The number of likely N-dealkylation sites (N-methyl/N-ethyl adjacent to an activating group) is 1. The van der Waals surface area contributed by atoms with Gasteiger partial charge in [0.05, 0.1) is 0 Å². The molecule has 1 saturated carbocycles. The van der Waals surface area contributed by atoms with Crippen molar-refractivity contribution in [3.05, 3.63) is 0 Å². The molecule has 0 aromatic carbocycles. The van der Waals surface area contributed by atoms with Crippen LogP contribution in [0.4, 0.5) is 4.79 Å². The lowest BCUT2D eigenvalue weighted by atomic mass is 9.83. The Kier molecular flexibility index (Phi) is 8.50. The number of likely N-dealkylation sites (tertiary alicyclic amines) is 1. The number of nitrogens with zero attached hydrogens (tertiary/aromatic N) is 2. The van der Waals surface area contributed by atoms with Gasteiger partial charge in [0.15, 0.2) is 0 Å². The molecule has 0 radical (unpaired) electrons. The van der Waals surface area contributed by atoms with Crippen molar-refractivity contribution in [2.24, 2.45) is 17.4 Å². The molecule has 3 unspecified atom stereocenters. The highest BCUT2D eigenvalue weighted by Gasteiger charge is 2.43. The van der Waals surface area contributed by atoms with Crippen molar-refractivity contribution >= 4 is 23.8 Å². The van der Waals surface area contributed by atoms with E-state index in [0.717, 1.165) is 32.1 Å². The fourth-order valence-electron chi connectivity index (χ4n) is 4.35. The number of carbonyl (C=O) groups excluding carboxylic acids is 4. The lowest BCUT2D eigenvalue weighted by Gasteiger charge is -2.35. The molecule has 2 aliphatic rings. The number of ether oxygens (including phenoxy) is 1. The van der Waals surface area contributed by atoms with Gasteiger partial charge in [0.1, 0.15) is 23.7 Å². The van der Waals surface area contributed by atoms with Gasteiger partial charge < -0.3 is 26.4 Å². The summed E-state index contributed by atoms with van der Waals surface area (Å²) in [6.45, 7) is 7.05. The quantitative estimate of drug-likeness (QED) is 0.540. The van der Waals surface area contributed by atoms with Crippen LogP contribution in [0.25, 0.3) is 0 Å². The van der Waals surface area contributed by atoms with Crippen molar-refractivity contribution in [2.45, 2.75) is 96.0 Å². The van der Waals surface area contributed by atoms with Crippen LogP contribution in [-0.4, -0.2) is 77.0 Å². The van der Waals surface area contributed by atoms with Crippen molar-refractivity contribution in [1.82, 2.24) is 15.1 Å². The molecule has 10 nitrogen and oxygen atoms in total. The molecule has 4 amide bonds. The molecule has 0 spiro atoms. The highest BCUT2D eigenvalue weighted by Crippen LogP contribution is 2.29. The van der Waals surface area contributed by atoms with Gasteiger partial charge in [0, 0.05) is 19.6 Å². The molecule has 1 aliphatic carbocycles. The highest BCUT2D eigenvalue weighted by molar-refractivity contribution is 5.94. The zero-order chi connectivity index (χ0) is 24.2. The minimum atomic E-state index is -0.850. The Morgan fingerprint density at radius 1 is 1.12 bits per heavy atom. The lowest BCUT2D eigenvalue weighted by molar-refractivity contribution is -0.142. The molecule has 1 aliphatic heterocycles. The van der Waals surface area contributed by atoms with E-state index >= 15 is 0 Å². The van der Waals surface area contributed by atoms with Gasteiger partial charge in [-0.25, -0.2) is 4.79 Å². The summed E-state index contributed by atoms with van der Waals surface area (Å²) in [6.07, 6.45) is 4.31. The average molecular weight is 454 g/mol. The molecule has 2 rings (SSSR count). The lowest BCUT2D eigenvalue weighted by Crippen LogP contribution is -2.58. The van der Waals surface area contributed by atoms with Crippen molar-refractivity contribution in [3.63, 3.8) is 0 Å². The first-order valence-electron chi connectivity index (χ1n) is 11.4. The average Bonchev–Trinajstić information content (AvgIpc) is 3.11. The third-order valence-electron chi connectivity index (χ3n) is 6.27. The topological polar surface area (TPSA) is 148 Å². The van der Waals surface area contributed by atoms with Gasteiger partial charge in [-0.2, -0.15) is 0 Å². The molecule has 0 bridgehead atoms. The molecule has 10 heteroatoms. The van der Waals surface area contributed by atoms with E-state index in [-0.39, 0.29) is 24.4 Å². The Morgan fingerprint density at radius 3 is 2.25 bits per heavy atom. The van der Waals surface area contributed by atoms with Gasteiger partial charge in [0.2, 0.25) is 17.7 Å². The summed E-state index contributed by atoms with van der Waals surface area (Å²) in [7, 11) is 1.48. The zero-order valence-electron chi connectivity index (χ0n) is 19.9. The maximum Gasteiger partial charge on any atom is 0.410 e. The maximum atomic E-state index is 13.5. The van der Waals surface area contributed by atoms with Gasteiger partial charge in [-0.3, -0.25) is 19.3 Å². The number of hydrogen-bond donors (Lipinski definition) is 3. The molecule has 5 N–H and O–H groups in total. The first-order chi connectivity index (χ1) is 14.8. The van der Waals surface area contributed by atoms with E-state index in [1.165, 1.54) is 16.8 Å². The predicted octanol–water partition coefficient (Wildman–Crippen LogP) is 0.720. The number of rotatable bonds is 6. The molecule has 1 heterocycles. The van der Waals surface area contributed by atoms with Gasteiger partial charge >= 0.3 is 6.09 Å². The number of nitrogens with two attached hydrogens (primary N) is 2. The predicted molar refractivity (Wildman–Crippen MR) is 119 cm³/mol. The first-order valence-corrected chi connectivity index (χ1v) is 11.4. The van der Waals surface area contributed by atoms with Crippen molar-refractivity contribution in [3.8, 4) is 0 Å². The van der Waals surface area contributed by atoms with Crippen LogP contribution in [0.5, 0.6) is 0 Å². The minimum absolute atomic E-state index is 0.0513. The van der Waals surface area contributed by atoms with Crippen LogP contribution in [0.1, 0.15) is 66.2 Å². The number of primary amides is 1. The van der Waals surface area contributed by atoms with Gasteiger partial charge in [0.25, 0.3) is 0 Å². The van der Waals surface area contributed by atoms with Crippen LogP contribution in [0.2, 0.25) is 0 Å². The number of carbonyl (C=O) groups is 4. The standard InChI is InChI=1S/C22H39N5O5/c1-13(26(5)21(31)32-22(2,3)4)19(29)25-17(14-9-7-6-8-10-14)20(30)27-12-15(23)11-16(27)18(24)28/h13-17H,6-12,23H2,1-5H3,(H2,24,28)(H,25,29)/t13-,15?,16?,17?/m0/s1. The summed E-state index contributed by atoms with van der Waals surface area (Å²) >= 11 is 0. The molecule has 0 aromatic heterocycles. The fourth-order valence-corrected chi connectivity index (χ4v) is 4.35. The number of amides is 4. The summed E-state index contributed by atoms with van der Waals surface area (Å²) in [5.74, 6) is -1.45. The summed E-state index contributed by atoms with van der Waals surface area (Å²) in [5, 5.41) is 2.86. The van der Waals surface area contributed by atoms with Gasteiger partial charge in [-0.15, -0.1) is 0 Å². The SMILES string of the molecule is C[C@@H](C(=O)NC(C(=O)N1CC(N)CC1C(N)=O)C1CCCCC1)N(C)C(=O)OC(C)(C)C. The van der Waals surface area contributed by atoms with Gasteiger partial charge in [-0.05, 0) is 52.9 Å². The molecule has 4 atom stereocenters. The van der Waals surface area contributed by atoms with Gasteiger partial charge in [-0.1, -0.05) is 19.3 Å². The molecular formula is C22H39N5O5. The number of hydrogen-bond acceptors (Lipinski definition) is 6. The Morgan fingerprint density at radius 2 is 1.72 bits per heavy atom. The summed E-state index contributed by atoms with van der Waals surface area (Å²) < 4.78 is 5.34. The fraction of sp³-hybridized carbons (Fsp3) is 0.818. The van der Waals surface area contributed by atoms with Crippen molar-refractivity contribution < 1.29 is 23.9 Å². The molecular weight excluding hydrogens is 414 g/mol. The molecule has 182 valence electrons. The van der Waals surface area contributed by atoms with Crippen molar-refractivity contribution in [1.29, 1.82) is 0 Å². The van der Waals surface area contributed by atoms with E-state index in [1.807, 2.05) is 0 Å². The Labute approximate surface area is 190 Å². The Bertz CT molecular complexity index is 716. The van der Waals surface area contributed by atoms with E-state index in [9.17, 15) is 19.2 Å². The second-order valence-electron chi connectivity index (χ2n) is 10.1. The molecule has 0 aromatic rings. The minimum Gasteiger partial charge on any atom is -0.444 e. The summed E-state index contributed by atoms with van der Waals surface area (Å²) in [6, 6.07) is -2.76. The van der Waals surface area contributed by atoms with E-state index in [2.05, 4.69) is 5.32 Å². The summed E-state index contributed by atoms with van der Waals surface area (Å²) in [4.78, 5) is 53.4. The first kappa shape index (κ1) is 25.9. The third kappa shape index (κ3) is 6.57. The van der Waals surface area contributed by atoms with Crippen LogP contribution in [0.15, 0.2) is 0 Å². The second kappa shape index (κ2) is 10.5. The second-order valence-corrected chi connectivity index (χ2v) is 10.1. The largest absolute Gasteiger partial charge is 0.444 e. The Balaban J connectivity index is 2.18. The van der Waals surface area contributed by atoms with E-state index in [0.29, 0.717) is 6.42 Å². The van der Waals surface area contributed by atoms with Crippen LogP contribution in [0.3, 0.4) is 0 Å². The van der Waals surface area contributed by atoms with E-state index in [4.69, 9.17) is 16.2 Å². The third-order valence-corrected chi connectivity index (χ3v) is 6.27.